The Labute approximate surface area is 132 Å². The molecule has 0 radical (unpaired) electrons. The van der Waals surface area contributed by atoms with Crippen LogP contribution in [0.25, 0.3) is 0 Å². The Morgan fingerprint density at radius 1 is 1.14 bits per heavy atom. The summed E-state index contributed by atoms with van der Waals surface area (Å²) in [7, 11) is 1.68. The quantitative estimate of drug-likeness (QED) is 0.594. The highest BCUT2D eigenvalue weighted by atomic mass is 32.1. The molecule has 21 heavy (non-hydrogen) atoms. The van der Waals surface area contributed by atoms with Gasteiger partial charge in [0.15, 0.2) is 5.11 Å². The van der Waals surface area contributed by atoms with Crippen LogP contribution in [0.1, 0.15) is 24.0 Å². The molecule has 1 aliphatic rings. The SMILES string of the molecule is COCCNC(=S)NCc1ccc(CN2CCCC2)cc1. The van der Waals surface area contributed by atoms with Gasteiger partial charge in [0.1, 0.15) is 0 Å². The summed E-state index contributed by atoms with van der Waals surface area (Å²) in [6.07, 6.45) is 2.69. The molecular weight excluding hydrogens is 282 g/mol. The van der Waals surface area contributed by atoms with E-state index in [0.717, 1.165) is 19.6 Å². The maximum Gasteiger partial charge on any atom is 0.166 e. The molecular formula is C16H25N3OS. The van der Waals surface area contributed by atoms with Gasteiger partial charge >= 0.3 is 0 Å². The summed E-state index contributed by atoms with van der Waals surface area (Å²) in [5, 5.41) is 6.98. The molecule has 0 aliphatic carbocycles. The van der Waals surface area contributed by atoms with Gasteiger partial charge in [-0.2, -0.15) is 0 Å². The number of hydrogen-bond acceptors (Lipinski definition) is 3. The smallest absolute Gasteiger partial charge is 0.166 e. The van der Waals surface area contributed by atoms with Crippen molar-refractivity contribution in [3.63, 3.8) is 0 Å². The van der Waals surface area contributed by atoms with Crippen LogP contribution in [-0.4, -0.2) is 43.4 Å². The minimum atomic E-state index is 0.660. The summed E-state index contributed by atoms with van der Waals surface area (Å²) in [6, 6.07) is 8.79. The number of rotatable bonds is 7. The van der Waals surface area contributed by atoms with Crippen LogP contribution in [0, 0.1) is 0 Å². The number of hydrogen-bond donors (Lipinski definition) is 2. The summed E-state index contributed by atoms with van der Waals surface area (Å²) in [5.74, 6) is 0. The maximum atomic E-state index is 5.20. The molecule has 1 aromatic carbocycles. The molecule has 0 amide bonds. The Morgan fingerprint density at radius 3 is 2.48 bits per heavy atom. The van der Waals surface area contributed by atoms with Crippen LogP contribution in [-0.2, 0) is 17.8 Å². The second kappa shape index (κ2) is 8.97. The van der Waals surface area contributed by atoms with Gasteiger partial charge in [0.05, 0.1) is 6.61 Å². The molecule has 0 saturated carbocycles. The lowest BCUT2D eigenvalue weighted by atomic mass is 10.1. The van der Waals surface area contributed by atoms with Crippen LogP contribution in [0.2, 0.25) is 0 Å². The highest BCUT2D eigenvalue weighted by molar-refractivity contribution is 7.80. The molecule has 5 heteroatoms. The number of nitrogens with zero attached hydrogens (tertiary/aromatic N) is 1. The second-order valence-corrected chi connectivity index (χ2v) is 5.81. The number of thiocarbonyl (C=S) groups is 1. The Morgan fingerprint density at radius 2 is 1.81 bits per heavy atom. The van der Waals surface area contributed by atoms with Gasteiger partial charge < -0.3 is 15.4 Å². The molecule has 4 nitrogen and oxygen atoms in total. The van der Waals surface area contributed by atoms with Crippen molar-refractivity contribution >= 4 is 17.3 Å². The van der Waals surface area contributed by atoms with E-state index in [4.69, 9.17) is 17.0 Å². The molecule has 2 N–H and O–H groups in total. The first-order valence-corrected chi connectivity index (χ1v) is 7.99. The number of ether oxygens (including phenoxy) is 1. The summed E-state index contributed by atoms with van der Waals surface area (Å²) >= 11 is 5.20. The molecule has 1 fully saturated rings. The van der Waals surface area contributed by atoms with E-state index in [1.807, 2.05) is 0 Å². The molecule has 0 unspecified atom stereocenters. The lowest BCUT2D eigenvalue weighted by Gasteiger charge is -2.15. The van der Waals surface area contributed by atoms with Crippen molar-refractivity contribution in [1.82, 2.24) is 15.5 Å². The van der Waals surface area contributed by atoms with E-state index in [9.17, 15) is 0 Å². The van der Waals surface area contributed by atoms with E-state index in [1.54, 1.807) is 7.11 Å². The summed E-state index contributed by atoms with van der Waals surface area (Å²) in [5.41, 5.74) is 2.64. The maximum absolute atomic E-state index is 5.20. The average molecular weight is 307 g/mol. The third kappa shape index (κ3) is 5.99. The topological polar surface area (TPSA) is 36.5 Å². The fourth-order valence-electron chi connectivity index (χ4n) is 2.47. The van der Waals surface area contributed by atoms with Crippen LogP contribution in [0.5, 0.6) is 0 Å². The van der Waals surface area contributed by atoms with Crippen LogP contribution in [0.3, 0.4) is 0 Å². The molecule has 1 aromatic rings. The normalized spacial score (nSPS) is 15.1. The van der Waals surface area contributed by atoms with Crippen molar-refractivity contribution < 1.29 is 4.74 Å². The predicted molar refractivity (Wildman–Crippen MR) is 90.3 cm³/mol. The molecule has 116 valence electrons. The largest absolute Gasteiger partial charge is 0.383 e. The van der Waals surface area contributed by atoms with Crippen molar-refractivity contribution in [2.45, 2.75) is 25.9 Å². The second-order valence-electron chi connectivity index (χ2n) is 5.40. The third-order valence-corrected chi connectivity index (χ3v) is 3.96. The van der Waals surface area contributed by atoms with Gasteiger partial charge in [-0.3, -0.25) is 4.90 Å². The summed E-state index contributed by atoms with van der Waals surface area (Å²) < 4.78 is 4.97. The van der Waals surface area contributed by atoms with Gasteiger partial charge in [-0.15, -0.1) is 0 Å². The predicted octanol–water partition coefficient (Wildman–Crippen LogP) is 1.89. The van der Waals surface area contributed by atoms with E-state index in [2.05, 4.69) is 39.8 Å². The van der Waals surface area contributed by atoms with E-state index >= 15 is 0 Å². The van der Waals surface area contributed by atoms with Gasteiger partial charge in [-0.05, 0) is 49.3 Å². The van der Waals surface area contributed by atoms with Crippen molar-refractivity contribution in [3.8, 4) is 0 Å². The highest BCUT2D eigenvalue weighted by Crippen LogP contribution is 2.13. The minimum Gasteiger partial charge on any atom is -0.383 e. The van der Waals surface area contributed by atoms with Crippen molar-refractivity contribution in [1.29, 1.82) is 0 Å². The zero-order valence-corrected chi connectivity index (χ0v) is 13.5. The van der Waals surface area contributed by atoms with E-state index in [0.29, 0.717) is 11.7 Å². The van der Waals surface area contributed by atoms with Crippen molar-refractivity contribution in [3.05, 3.63) is 35.4 Å². The number of benzene rings is 1. The standard InChI is InChI=1S/C16H25N3OS/c1-20-11-8-17-16(21)18-12-14-4-6-15(7-5-14)13-19-9-2-3-10-19/h4-7H,2-3,8-13H2,1H3,(H2,17,18,21). The van der Waals surface area contributed by atoms with Gasteiger partial charge in [-0.1, -0.05) is 24.3 Å². The summed E-state index contributed by atoms with van der Waals surface area (Å²) in [4.78, 5) is 2.52. The molecule has 0 atom stereocenters. The van der Waals surface area contributed by atoms with Crippen LogP contribution in [0.4, 0.5) is 0 Å². The third-order valence-electron chi connectivity index (χ3n) is 3.67. The van der Waals surface area contributed by atoms with Crippen molar-refractivity contribution in [2.75, 3.05) is 33.4 Å². The Balaban J connectivity index is 1.70. The van der Waals surface area contributed by atoms with Gasteiger partial charge in [-0.25, -0.2) is 0 Å². The minimum absolute atomic E-state index is 0.660. The lowest BCUT2D eigenvalue weighted by Crippen LogP contribution is -2.36. The molecule has 1 heterocycles. The molecule has 0 aromatic heterocycles. The van der Waals surface area contributed by atoms with Gasteiger partial charge in [0.2, 0.25) is 0 Å². The zero-order valence-electron chi connectivity index (χ0n) is 12.7. The van der Waals surface area contributed by atoms with Crippen LogP contribution < -0.4 is 10.6 Å². The monoisotopic (exact) mass is 307 g/mol. The number of methoxy groups -OCH3 is 1. The fourth-order valence-corrected chi connectivity index (χ4v) is 2.65. The Bertz CT molecular complexity index is 430. The highest BCUT2D eigenvalue weighted by Gasteiger charge is 2.11. The van der Waals surface area contributed by atoms with E-state index in [1.165, 1.54) is 37.1 Å². The first kappa shape index (κ1) is 16.2. The van der Waals surface area contributed by atoms with E-state index in [-0.39, 0.29) is 0 Å². The summed E-state index contributed by atoms with van der Waals surface area (Å²) in [6.45, 7) is 5.70. The molecule has 0 bridgehead atoms. The average Bonchev–Trinajstić information content (AvgIpc) is 3.00. The number of likely N-dealkylation sites (tertiary alicyclic amines) is 1. The van der Waals surface area contributed by atoms with Gasteiger partial charge in [0.25, 0.3) is 0 Å². The zero-order chi connectivity index (χ0) is 14.9. The Kier molecular flexibility index (Phi) is 6.92. The van der Waals surface area contributed by atoms with E-state index < -0.39 is 0 Å². The number of nitrogens with one attached hydrogen (secondary N) is 2. The van der Waals surface area contributed by atoms with Crippen molar-refractivity contribution in [2.24, 2.45) is 0 Å². The van der Waals surface area contributed by atoms with Crippen LogP contribution in [0.15, 0.2) is 24.3 Å². The first-order chi connectivity index (χ1) is 10.3. The van der Waals surface area contributed by atoms with Gasteiger partial charge in [0, 0.05) is 26.7 Å². The molecule has 1 aliphatic heterocycles. The molecule has 0 spiro atoms. The molecule has 2 rings (SSSR count). The first-order valence-electron chi connectivity index (χ1n) is 7.59. The Hall–Kier alpha value is -1.17. The fraction of sp³-hybridized carbons (Fsp3) is 0.562. The lowest BCUT2D eigenvalue weighted by molar-refractivity contribution is 0.204. The van der Waals surface area contributed by atoms with Crippen LogP contribution >= 0.6 is 12.2 Å². The molecule has 1 saturated heterocycles.